The fraction of sp³-hybridized carbons (Fsp3) is 0.278. The topological polar surface area (TPSA) is 55.2 Å². The molecule has 4 rings (SSSR count). The lowest BCUT2D eigenvalue weighted by Gasteiger charge is -2.25. The van der Waals surface area contributed by atoms with E-state index in [4.69, 9.17) is 11.6 Å². The first-order valence-electron chi connectivity index (χ1n) is 8.32. The Morgan fingerprint density at radius 3 is 2.71 bits per heavy atom. The molecule has 0 atom stereocenters. The molecule has 0 bridgehead atoms. The minimum Gasteiger partial charge on any atom is -0.337 e. The molecule has 1 amide bonds. The van der Waals surface area contributed by atoms with Crippen LogP contribution in [0.3, 0.4) is 0 Å². The van der Waals surface area contributed by atoms with Gasteiger partial charge in [0.05, 0.1) is 17.6 Å². The fourth-order valence-electron chi connectivity index (χ4n) is 3.36. The third-order valence-corrected chi connectivity index (χ3v) is 5.99. The molecule has 5 nitrogen and oxygen atoms in total. The summed E-state index contributed by atoms with van der Waals surface area (Å²) in [7, 11) is 0. The second-order valence-corrected chi connectivity index (χ2v) is 7.95. The van der Waals surface area contributed by atoms with Gasteiger partial charge in [-0.15, -0.1) is 11.3 Å². The van der Waals surface area contributed by atoms with Crippen LogP contribution in [0.15, 0.2) is 29.1 Å². The Labute approximate surface area is 166 Å². The van der Waals surface area contributed by atoms with Gasteiger partial charge in [-0.1, -0.05) is 17.7 Å². The number of carbonyl (C=O) groups is 1. The summed E-state index contributed by atoms with van der Waals surface area (Å²) in [5, 5.41) is 0.387. The second kappa shape index (κ2) is 6.59. The van der Waals surface area contributed by atoms with Crippen LogP contribution in [-0.4, -0.2) is 26.9 Å². The number of aromatic nitrogens is 2. The van der Waals surface area contributed by atoms with Crippen molar-refractivity contribution in [1.82, 2.24) is 14.5 Å². The molecular formula is C18H13ClF3N3O2S. The lowest BCUT2D eigenvalue weighted by molar-refractivity contribution is -0.146. The number of carbonyl (C=O) groups excluding carboxylic acids is 1. The maximum atomic E-state index is 13.7. The van der Waals surface area contributed by atoms with Crippen LogP contribution in [0.25, 0.3) is 15.9 Å². The summed E-state index contributed by atoms with van der Waals surface area (Å²) in [6.45, 7) is 2.11. The molecule has 0 N–H and O–H groups in total. The number of amides is 1. The summed E-state index contributed by atoms with van der Waals surface area (Å²) >= 11 is 6.95. The highest BCUT2D eigenvalue weighted by molar-refractivity contribution is 7.18. The SMILES string of the molecule is CC(=O)N1CCc2c(sc3nc(C(F)(F)F)n(-c4cccc(Cl)c4)c(=O)c23)C1. The Balaban J connectivity index is 2.02. The number of benzene rings is 1. The van der Waals surface area contributed by atoms with E-state index in [0.29, 0.717) is 28.0 Å². The molecule has 0 saturated heterocycles. The van der Waals surface area contributed by atoms with Crippen molar-refractivity contribution >= 4 is 39.1 Å². The molecule has 2 aromatic heterocycles. The Morgan fingerprint density at radius 1 is 1.32 bits per heavy atom. The zero-order chi connectivity index (χ0) is 20.2. The Kier molecular flexibility index (Phi) is 4.46. The van der Waals surface area contributed by atoms with Gasteiger partial charge in [0, 0.05) is 23.4 Å². The zero-order valence-electron chi connectivity index (χ0n) is 14.5. The van der Waals surface area contributed by atoms with Gasteiger partial charge in [-0.05, 0) is 30.2 Å². The van der Waals surface area contributed by atoms with Gasteiger partial charge in [0.1, 0.15) is 4.83 Å². The molecule has 3 aromatic rings. The van der Waals surface area contributed by atoms with Crippen LogP contribution < -0.4 is 5.56 Å². The molecule has 1 aromatic carbocycles. The first-order chi connectivity index (χ1) is 13.2. The second-order valence-electron chi connectivity index (χ2n) is 6.43. The number of hydrogen-bond donors (Lipinski definition) is 0. The predicted molar refractivity (Wildman–Crippen MR) is 100 cm³/mol. The van der Waals surface area contributed by atoms with E-state index in [1.165, 1.54) is 31.2 Å². The van der Waals surface area contributed by atoms with E-state index in [1.807, 2.05) is 0 Å². The smallest absolute Gasteiger partial charge is 0.337 e. The van der Waals surface area contributed by atoms with Crippen LogP contribution in [0.2, 0.25) is 5.02 Å². The van der Waals surface area contributed by atoms with Gasteiger partial charge in [-0.3, -0.25) is 14.2 Å². The number of halogens is 4. The summed E-state index contributed by atoms with van der Waals surface area (Å²) in [6.07, 6.45) is -4.43. The summed E-state index contributed by atoms with van der Waals surface area (Å²) < 4.78 is 41.6. The van der Waals surface area contributed by atoms with Gasteiger partial charge in [0.15, 0.2) is 0 Å². The first kappa shape index (κ1) is 18.9. The van der Waals surface area contributed by atoms with Gasteiger partial charge >= 0.3 is 6.18 Å². The van der Waals surface area contributed by atoms with E-state index in [2.05, 4.69) is 4.98 Å². The molecule has 0 radical (unpaired) electrons. The first-order valence-corrected chi connectivity index (χ1v) is 9.52. The molecule has 0 spiro atoms. The zero-order valence-corrected chi connectivity index (χ0v) is 16.1. The van der Waals surface area contributed by atoms with Crippen LogP contribution in [0.4, 0.5) is 13.2 Å². The Bertz CT molecular complexity index is 1170. The molecule has 0 unspecified atom stereocenters. The number of hydrogen-bond acceptors (Lipinski definition) is 4. The summed E-state index contributed by atoms with van der Waals surface area (Å²) in [6, 6.07) is 5.66. The standard InChI is InChI=1S/C18H13ClF3N3O2S/c1-9(26)24-6-5-12-13(8-24)28-15-14(12)16(27)25(17(23-15)18(20,21)22)11-4-2-3-10(19)7-11/h2-4,7H,5-6,8H2,1H3. The van der Waals surface area contributed by atoms with Crippen LogP contribution in [0, 0.1) is 0 Å². The Morgan fingerprint density at radius 2 is 2.07 bits per heavy atom. The number of fused-ring (bicyclic) bond motifs is 3. The molecule has 3 heterocycles. The molecule has 1 aliphatic rings. The number of alkyl halides is 3. The minimum atomic E-state index is -4.83. The maximum Gasteiger partial charge on any atom is 0.450 e. The summed E-state index contributed by atoms with van der Waals surface area (Å²) in [5.41, 5.74) is -0.117. The molecule has 10 heteroatoms. The number of nitrogens with zero attached hydrogens (tertiary/aromatic N) is 3. The van der Waals surface area contributed by atoms with Gasteiger partial charge < -0.3 is 4.90 Å². The lowest BCUT2D eigenvalue weighted by atomic mass is 10.1. The van der Waals surface area contributed by atoms with Crippen LogP contribution in [0.1, 0.15) is 23.2 Å². The summed E-state index contributed by atoms with van der Waals surface area (Å²) in [5.74, 6) is -1.42. The minimum absolute atomic E-state index is 0.000321. The molecule has 1 aliphatic heterocycles. The van der Waals surface area contributed by atoms with E-state index in [9.17, 15) is 22.8 Å². The highest BCUT2D eigenvalue weighted by atomic mass is 35.5. The van der Waals surface area contributed by atoms with E-state index >= 15 is 0 Å². The van der Waals surface area contributed by atoms with Crippen molar-refractivity contribution < 1.29 is 18.0 Å². The fourth-order valence-corrected chi connectivity index (χ4v) is 4.77. The van der Waals surface area contributed by atoms with E-state index in [-0.39, 0.29) is 33.4 Å². The maximum absolute atomic E-state index is 13.7. The van der Waals surface area contributed by atoms with E-state index in [0.717, 1.165) is 11.3 Å². The van der Waals surface area contributed by atoms with Gasteiger partial charge in [-0.25, -0.2) is 4.98 Å². The average molecular weight is 428 g/mol. The normalized spacial score (nSPS) is 14.4. The van der Waals surface area contributed by atoms with Crippen LogP contribution in [0.5, 0.6) is 0 Å². The predicted octanol–water partition coefficient (Wildman–Crippen LogP) is 4.02. The van der Waals surface area contributed by atoms with Crippen molar-refractivity contribution in [2.45, 2.75) is 26.1 Å². The highest BCUT2D eigenvalue weighted by Gasteiger charge is 2.39. The van der Waals surface area contributed by atoms with Crippen molar-refractivity contribution in [1.29, 1.82) is 0 Å². The number of thiophene rings is 1. The van der Waals surface area contributed by atoms with Crippen LogP contribution >= 0.6 is 22.9 Å². The van der Waals surface area contributed by atoms with Gasteiger partial charge in [-0.2, -0.15) is 13.2 Å². The van der Waals surface area contributed by atoms with Gasteiger partial charge in [0.25, 0.3) is 5.56 Å². The quantitative estimate of drug-likeness (QED) is 0.589. The number of rotatable bonds is 1. The van der Waals surface area contributed by atoms with Crippen molar-refractivity contribution in [2.75, 3.05) is 6.54 Å². The summed E-state index contributed by atoms with van der Waals surface area (Å²) in [4.78, 5) is 30.9. The van der Waals surface area contributed by atoms with Crippen molar-refractivity contribution in [3.05, 3.63) is 55.9 Å². The van der Waals surface area contributed by atoms with Crippen molar-refractivity contribution in [2.24, 2.45) is 0 Å². The van der Waals surface area contributed by atoms with E-state index < -0.39 is 17.6 Å². The third-order valence-electron chi connectivity index (χ3n) is 4.64. The molecule has 0 fully saturated rings. The molecule has 0 aliphatic carbocycles. The lowest BCUT2D eigenvalue weighted by Crippen LogP contribution is -2.34. The van der Waals surface area contributed by atoms with Crippen molar-refractivity contribution in [3.63, 3.8) is 0 Å². The van der Waals surface area contributed by atoms with Crippen molar-refractivity contribution in [3.8, 4) is 5.69 Å². The monoisotopic (exact) mass is 427 g/mol. The molecule has 146 valence electrons. The van der Waals surface area contributed by atoms with Crippen LogP contribution in [-0.2, 0) is 23.9 Å². The Hall–Kier alpha value is -2.39. The average Bonchev–Trinajstić information content (AvgIpc) is 2.98. The third kappa shape index (κ3) is 3.08. The molecule has 0 saturated carbocycles. The highest BCUT2D eigenvalue weighted by Crippen LogP contribution is 2.36. The van der Waals surface area contributed by atoms with Gasteiger partial charge in [0.2, 0.25) is 11.7 Å². The largest absolute Gasteiger partial charge is 0.450 e. The van der Waals surface area contributed by atoms with E-state index in [1.54, 1.807) is 4.90 Å². The molecular weight excluding hydrogens is 415 g/mol. The molecule has 28 heavy (non-hydrogen) atoms.